The minimum absolute atomic E-state index is 0.306. The summed E-state index contributed by atoms with van der Waals surface area (Å²) in [5.74, 6) is 17.0. The van der Waals surface area contributed by atoms with Crippen molar-refractivity contribution < 1.29 is 4.79 Å². The van der Waals surface area contributed by atoms with E-state index < -0.39 is 16.1 Å². The zero-order valence-corrected chi connectivity index (χ0v) is 91.2. The SMILES string of the molecule is CC(C)CC(C)(C)C(C(C)C)C(C)C.CC(C)CCCCC(CCC(C)C)C(C)C.CC(C)CCCCN(CCCC(C)C)C(C)C.CC(C)CCCN(CCC(C)C)C(C)C.CC(C)CCC[Si](C)(CCCC(C)C)CCCC(C)C.CC(C)CCN(C(=O)CC(C)C)C(C)C.CC(C)CC[Si](C)(CCC(C)C)CCC(C)C. The molecule has 114 heavy (non-hydrogen) atoms. The Balaban J connectivity index is -0.000000235. The lowest BCUT2D eigenvalue weighted by atomic mass is 9.64. The topological polar surface area (TPSA) is 26.8 Å². The zero-order valence-electron chi connectivity index (χ0n) is 89.2. The maximum atomic E-state index is 11.9. The van der Waals surface area contributed by atoms with Crippen LogP contribution in [-0.2, 0) is 4.79 Å². The number of hydrogen-bond acceptors (Lipinski definition) is 3. The van der Waals surface area contributed by atoms with Crippen LogP contribution in [0, 0.1) is 124 Å². The minimum Gasteiger partial charge on any atom is -0.340 e. The number of nitrogens with zero attached hydrogens (tertiary/aromatic N) is 3. The smallest absolute Gasteiger partial charge is 0.223 e. The predicted octanol–water partition coefficient (Wildman–Crippen LogP) is 36.9. The summed E-state index contributed by atoms with van der Waals surface area (Å²) in [7, 11) is -1.89. The fraction of sp³-hybridized carbons (Fsp3) is 0.991. The fourth-order valence-electron chi connectivity index (χ4n) is 17.0. The third-order valence-corrected chi connectivity index (χ3v) is 33.6. The van der Waals surface area contributed by atoms with Crippen LogP contribution in [0.5, 0.6) is 0 Å². The van der Waals surface area contributed by atoms with Crippen LogP contribution in [-0.4, -0.2) is 87.6 Å². The molecule has 4 nitrogen and oxygen atoms in total. The molecule has 0 heterocycles. The molecule has 1 unspecified atom stereocenters. The highest BCUT2D eigenvalue weighted by Crippen LogP contribution is 2.43. The van der Waals surface area contributed by atoms with Gasteiger partial charge < -0.3 is 14.7 Å². The lowest BCUT2D eigenvalue weighted by Gasteiger charge is -2.41. The second-order valence-corrected chi connectivity index (χ2v) is 57.6. The van der Waals surface area contributed by atoms with Crippen LogP contribution in [0.1, 0.15) is 472 Å². The Hall–Kier alpha value is -0.176. The van der Waals surface area contributed by atoms with Gasteiger partial charge in [-0.25, -0.2) is 0 Å². The van der Waals surface area contributed by atoms with E-state index in [1.54, 1.807) is 36.3 Å². The van der Waals surface area contributed by atoms with E-state index >= 15 is 0 Å². The van der Waals surface area contributed by atoms with Crippen molar-refractivity contribution >= 4 is 22.1 Å². The highest BCUT2D eigenvalue weighted by atomic mass is 28.3. The first-order valence-corrected chi connectivity index (χ1v) is 57.3. The van der Waals surface area contributed by atoms with E-state index in [9.17, 15) is 4.79 Å². The maximum Gasteiger partial charge on any atom is 0.223 e. The quantitative estimate of drug-likeness (QED) is 0.0449. The molecule has 1 atom stereocenters. The molecule has 1 amide bonds. The van der Waals surface area contributed by atoms with E-state index in [1.165, 1.54) is 180 Å². The van der Waals surface area contributed by atoms with Gasteiger partial charge in [0.05, 0.1) is 16.1 Å². The van der Waals surface area contributed by atoms with Gasteiger partial charge in [0.1, 0.15) is 0 Å². The third kappa shape index (κ3) is 91.0. The molecule has 0 aliphatic heterocycles. The van der Waals surface area contributed by atoms with Crippen LogP contribution in [0.15, 0.2) is 0 Å². The molecule has 0 fully saturated rings. The van der Waals surface area contributed by atoms with E-state index in [1.807, 2.05) is 4.90 Å². The molecule has 0 aromatic carbocycles. The second-order valence-electron chi connectivity index (χ2n) is 47.4. The van der Waals surface area contributed by atoms with E-state index in [0.29, 0.717) is 47.7 Å². The van der Waals surface area contributed by atoms with Crippen molar-refractivity contribution in [2.75, 3.05) is 32.7 Å². The molecule has 0 aliphatic carbocycles. The molecule has 0 N–H and O–H groups in total. The van der Waals surface area contributed by atoms with Gasteiger partial charge in [0.15, 0.2) is 0 Å². The van der Waals surface area contributed by atoms with Crippen molar-refractivity contribution in [2.45, 2.75) is 539 Å². The fourth-order valence-corrected chi connectivity index (χ4v) is 25.5. The van der Waals surface area contributed by atoms with Gasteiger partial charge in [-0.1, -0.05) is 415 Å². The number of rotatable bonds is 59. The van der Waals surface area contributed by atoms with E-state index in [2.05, 4.69) is 328 Å². The summed E-state index contributed by atoms with van der Waals surface area (Å²) in [6, 6.07) is 11.2. The Morgan fingerprint density at radius 3 is 0.798 bits per heavy atom. The summed E-state index contributed by atoms with van der Waals surface area (Å²) in [6.45, 7) is 114. The van der Waals surface area contributed by atoms with Gasteiger partial charge in [-0.3, -0.25) is 4.79 Å². The van der Waals surface area contributed by atoms with Crippen LogP contribution in [0.25, 0.3) is 0 Å². The van der Waals surface area contributed by atoms with Crippen LogP contribution < -0.4 is 0 Å². The van der Waals surface area contributed by atoms with Crippen molar-refractivity contribution in [1.82, 2.24) is 14.7 Å². The molecule has 0 radical (unpaired) electrons. The van der Waals surface area contributed by atoms with Crippen LogP contribution in [0.4, 0.5) is 0 Å². The lowest BCUT2D eigenvalue weighted by Crippen LogP contribution is -2.38. The van der Waals surface area contributed by atoms with Crippen molar-refractivity contribution in [3.8, 4) is 0 Å². The highest BCUT2D eigenvalue weighted by Gasteiger charge is 2.35. The van der Waals surface area contributed by atoms with Gasteiger partial charge in [0.2, 0.25) is 5.91 Å². The van der Waals surface area contributed by atoms with Gasteiger partial charge in [0, 0.05) is 31.1 Å². The zero-order chi connectivity index (χ0) is 90.3. The molecule has 6 heteroatoms. The Bertz CT molecular complexity index is 1890. The molecule has 0 saturated carbocycles. The van der Waals surface area contributed by atoms with Gasteiger partial charge in [-0.15, -0.1) is 0 Å². The summed E-state index contributed by atoms with van der Waals surface area (Å²) in [5.41, 5.74) is 0.483. The number of hydrogen-bond donors (Lipinski definition) is 0. The molecule has 0 aromatic rings. The largest absolute Gasteiger partial charge is 0.340 e. The van der Waals surface area contributed by atoms with Gasteiger partial charge >= 0.3 is 0 Å². The van der Waals surface area contributed by atoms with Crippen LogP contribution >= 0.6 is 0 Å². The standard InChI is InChI=1S/C19H42Si.C16H35N.C16H36Si.C16H34.C14H31N.C14H30.C13H27NO/c1-17(2)11-8-14-20(7,15-9-12-18(3)4)16-10-13-19(5)6;1-14(2)10-7-8-12-17(16(5)6)13-9-11-15(3)4;1-14(2)8-11-17(7,12-9-15(3)4)13-10-16(5)6;1-13(2)9-7-8-10-16(15(5)6)12-11-14(3)4;1-12(2)8-7-10-15(14(5)6)11-9-13(3)4;1-10(2)9-14(7,8)13(11(3)4)12(5)6;1-10(2)7-8-14(12(5)6)13(15)9-11(3)4/h17-19H,8-16H2,1-7H3;14-16H,7-13H2,1-6H3;14-16H,8-13H2,1-7H3;13-16H,7-12H2,1-6H3;12-14H,7-11H2,1-6H3;10-13H,9H2,1-8H3;10-12H,7-9H2,1-6H3. The van der Waals surface area contributed by atoms with Crippen LogP contribution in [0.2, 0.25) is 49.4 Å². The molecule has 0 rings (SSSR count). The van der Waals surface area contributed by atoms with Crippen molar-refractivity contribution in [3.63, 3.8) is 0 Å². The Labute approximate surface area is 732 Å². The summed E-state index contributed by atoms with van der Waals surface area (Å²) in [5, 5.41) is 0. The molecular formula is C108H235N3OSi2. The number of amides is 1. The summed E-state index contributed by atoms with van der Waals surface area (Å²) < 4.78 is 0. The average molecular weight is 1650 g/mol. The van der Waals surface area contributed by atoms with Crippen molar-refractivity contribution in [2.24, 2.45) is 124 Å². The summed E-state index contributed by atoms with van der Waals surface area (Å²) in [6.07, 6.45) is 35.8. The van der Waals surface area contributed by atoms with E-state index in [-0.39, 0.29) is 0 Å². The first kappa shape index (κ1) is 127. The van der Waals surface area contributed by atoms with Gasteiger partial charge in [-0.05, 0) is 249 Å². The Morgan fingerprint density at radius 2 is 0.518 bits per heavy atom. The van der Waals surface area contributed by atoms with E-state index in [0.717, 1.165) is 119 Å². The number of carbonyl (C=O) groups excluding carboxylic acids is 1. The molecular weight excluding hydrogens is 1410 g/mol. The highest BCUT2D eigenvalue weighted by molar-refractivity contribution is 6.79. The molecule has 696 valence electrons. The number of unbranched alkanes of at least 4 members (excludes halogenated alkanes) is 2. The van der Waals surface area contributed by atoms with E-state index in [4.69, 9.17) is 0 Å². The second kappa shape index (κ2) is 76.5. The normalized spacial score (nSPS) is 12.9. The molecule has 0 aromatic heterocycles. The predicted molar refractivity (Wildman–Crippen MR) is 540 cm³/mol. The molecule has 0 bridgehead atoms. The first-order valence-electron chi connectivity index (χ1n) is 51.1. The lowest BCUT2D eigenvalue weighted by molar-refractivity contribution is -0.133. The maximum absolute atomic E-state index is 11.9. The first-order chi connectivity index (χ1) is 52.3. The Morgan fingerprint density at radius 1 is 0.246 bits per heavy atom. The van der Waals surface area contributed by atoms with Crippen LogP contribution in [0.3, 0.4) is 0 Å². The monoisotopic (exact) mass is 1650 g/mol. The van der Waals surface area contributed by atoms with Gasteiger partial charge in [0.25, 0.3) is 0 Å². The van der Waals surface area contributed by atoms with Crippen molar-refractivity contribution in [3.05, 3.63) is 0 Å². The molecule has 0 spiro atoms. The molecule has 0 saturated heterocycles. The summed E-state index contributed by atoms with van der Waals surface area (Å²) in [4.78, 5) is 19.2. The number of carbonyl (C=O) groups is 1. The van der Waals surface area contributed by atoms with Gasteiger partial charge in [-0.2, -0.15) is 0 Å². The summed E-state index contributed by atoms with van der Waals surface area (Å²) >= 11 is 0. The third-order valence-electron chi connectivity index (χ3n) is 24.5. The molecule has 0 aliphatic rings. The van der Waals surface area contributed by atoms with Crippen molar-refractivity contribution in [1.29, 1.82) is 0 Å². The Kier molecular flexibility index (Phi) is 85.2. The average Bonchev–Trinajstić information content (AvgIpc) is 0.840. The minimum atomic E-state index is -0.950.